The molecule has 2 aromatic heterocycles. The number of nitrogens with two attached hydrogens (primary N) is 2. The largest absolute Gasteiger partial charge is 0.494 e. The minimum Gasteiger partial charge on any atom is -0.494 e. The van der Waals surface area contributed by atoms with Crippen molar-refractivity contribution in [3.05, 3.63) is 59.0 Å². The monoisotopic (exact) mass is 513 g/mol. The number of hydrogen-bond donors (Lipinski definition) is 3. The lowest BCUT2D eigenvalue weighted by atomic mass is 10.1. The standard InChI is InChI=1S/C24H27N5O6S/c1-2-33-15-9-7-14(8-10-15)29(24(32)21-18(25)19(22(26)30)28-36-21)20(17-6-4-12-35-17)23(31)27-13-16-5-3-11-34-16/h4,6-10,12,16,20H,2-3,5,11,13,25H2,1H3,(H2,26,30)(H,27,31)/t16-,20+/m0/s1. The van der Waals surface area contributed by atoms with Crippen molar-refractivity contribution in [1.29, 1.82) is 0 Å². The van der Waals surface area contributed by atoms with Gasteiger partial charge in [-0.25, -0.2) is 0 Å². The van der Waals surface area contributed by atoms with Crippen LogP contribution in [0.2, 0.25) is 0 Å². The molecule has 11 nitrogen and oxygen atoms in total. The van der Waals surface area contributed by atoms with Gasteiger partial charge in [0.05, 0.1) is 24.7 Å². The Bertz CT molecular complexity index is 1200. The first-order chi connectivity index (χ1) is 17.4. The lowest BCUT2D eigenvalue weighted by Gasteiger charge is -2.30. The second-order valence-corrected chi connectivity index (χ2v) is 8.81. The zero-order valence-electron chi connectivity index (χ0n) is 19.6. The average molecular weight is 514 g/mol. The van der Waals surface area contributed by atoms with Gasteiger partial charge in [0.25, 0.3) is 17.7 Å². The molecule has 0 unspecified atom stereocenters. The van der Waals surface area contributed by atoms with Crippen molar-refractivity contribution in [1.82, 2.24) is 9.69 Å². The first kappa shape index (κ1) is 25.2. The summed E-state index contributed by atoms with van der Waals surface area (Å²) in [5.41, 5.74) is 11.4. The summed E-state index contributed by atoms with van der Waals surface area (Å²) in [6.45, 7) is 3.26. The molecule has 3 heterocycles. The van der Waals surface area contributed by atoms with Gasteiger partial charge in [0, 0.05) is 18.8 Å². The molecule has 0 bridgehead atoms. The van der Waals surface area contributed by atoms with Crippen molar-refractivity contribution >= 4 is 40.6 Å². The van der Waals surface area contributed by atoms with Crippen LogP contribution in [0.15, 0.2) is 47.1 Å². The van der Waals surface area contributed by atoms with Crippen LogP contribution in [0.3, 0.4) is 0 Å². The van der Waals surface area contributed by atoms with Crippen LogP contribution in [0, 0.1) is 0 Å². The number of benzene rings is 1. The lowest BCUT2D eigenvalue weighted by Crippen LogP contribution is -2.45. The highest BCUT2D eigenvalue weighted by molar-refractivity contribution is 7.09. The van der Waals surface area contributed by atoms with Gasteiger partial charge < -0.3 is 30.7 Å². The number of primary amides is 1. The Labute approximate surface area is 211 Å². The Hall–Kier alpha value is -3.90. The third-order valence-corrected chi connectivity index (χ3v) is 6.50. The van der Waals surface area contributed by atoms with Gasteiger partial charge >= 0.3 is 0 Å². The van der Waals surface area contributed by atoms with Crippen LogP contribution in [0.25, 0.3) is 0 Å². The number of carbonyl (C=O) groups is 3. The number of furan rings is 1. The fourth-order valence-corrected chi connectivity index (χ4v) is 4.67. The van der Waals surface area contributed by atoms with E-state index in [9.17, 15) is 14.4 Å². The third-order valence-electron chi connectivity index (χ3n) is 5.65. The highest BCUT2D eigenvalue weighted by Gasteiger charge is 2.38. The smallest absolute Gasteiger partial charge is 0.273 e. The van der Waals surface area contributed by atoms with Crippen molar-refractivity contribution < 1.29 is 28.3 Å². The van der Waals surface area contributed by atoms with E-state index in [1.54, 1.807) is 36.4 Å². The number of anilines is 2. The highest BCUT2D eigenvalue weighted by Crippen LogP contribution is 2.34. The molecule has 1 fully saturated rings. The van der Waals surface area contributed by atoms with Gasteiger partial charge in [0.1, 0.15) is 16.4 Å². The van der Waals surface area contributed by atoms with Crippen LogP contribution in [-0.4, -0.2) is 48.0 Å². The van der Waals surface area contributed by atoms with Crippen LogP contribution < -0.4 is 26.4 Å². The van der Waals surface area contributed by atoms with E-state index < -0.39 is 23.8 Å². The molecule has 1 saturated heterocycles. The molecule has 12 heteroatoms. The molecule has 190 valence electrons. The first-order valence-corrected chi connectivity index (χ1v) is 12.2. The predicted octanol–water partition coefficient (Wildman–Crippen LogP) is 2.50. The highest BCUT2D eigenvalue weighted by atomic mass is 32.1. The van der Waals surface area contributed by atoms with E-state index in [0.717, 1.165) is 24.4 Å². The van der Waals surface area contributed by atoms with E-state index in [0.29, 0.717) is 24.7 Å². The Morgan fingerprint density at radius 1 is 1.28 bits per heavy atom. The van der Waals surface area contributed by atoms with Gasteiger partial charge in [0.15, 0.2) is 11.7 Å². The Balaban J connectivity index is 1.75. The minimum atomic E-state index is -1.19. The average Bonchev–Trinajstić information content (AvgIpc) is 3.64. The summed E-state index contributed by atoms with van der Waals surface area (Å²) in [5, 5.41) is 2.88. The van der Waals surface area contributed by atoms with Crippen LogP contribution in [0.5, 0.6) is 5.75 Å². The van der Waals surface area contributed by atoms with E-state index in [4.69, 9.17) is 25.4 Å². The topological polar surface area (TPSA) is 163 Å². The Kier molecular flexibility index (Phi) is 7.86. The molecule has 4 rings (SSSR count). The normalized spacial score (nSPS) is 15.9. The van der Waals surface area contributed by atoms with Gasteiger partial charge in [0.2, 0.25) is 0 Å². The number of carbonyl (C=O) groups excluding carboxylic acids is 3. The molecule has 1 aliphatic heterocycles. The maximum Gasteiger partial charge on any atom is 0.273 e. The molecule has 0 radical (unpaired) electrons. The minimum absolute atomic E-state index is 0.0267. The van der Waals surface area contributed by atoms with Crippen LogP contribution >= 0.6 is 11.5 Å². The maximum absolute atomic E-state index is 13.9. The first-order valence-electron chi connectivity index (χ1n) is 11.4. The number of aromatic nitrogens is 1. The summed E-state index contributed by atoms with van der Waals surface area (Å²) in [6, 6.07) is 8.72. The van der Waals surface area contributed by atoms with Crippen molar-refractivity contribution in [2.24, 2.45) is 5.73 Å². The second kappa shape index (κ2) is 11.2. The molecule has 0 aliphatic carbocycles. The van der Waals surface area contributed by atoms with Gasteiger partial charge in [-0.15, -0.1) is 0 Å². The van der Waals surface area contributed by atoms with Crippen LogP contribution in [0.4, 0.5) is 11.4 Å². The van der Waals surface area contributed by atoms with Crippen molar-refractivity contribution in [3.8, 4) is 5.75 Å². The zero-order chi connectivity index (χ0) is 25.7. The quantitative estimate of drug-likeness (QED) is 0.372. The molecule has 1 aliphatic rings. The number of nitrogens with one attached hydrogen (secondary N) is 1. The third kappa shape index (κ3) is 5.34. The van der Waals surface area contributed by atoms with Crippen molar-refractivity contribution in [3.63, 3.8) is 0 Å². The number of rotatable bonds is 10. The second-order valence-electron chi connectivity index (χ2n) is 8.04. The summed E-state index contributed by atoms with van der Waals surface area (Å²) in [7, 11) is 0. The Morgan fingerprint density at radius 3 is 2.64 bits per heavy atom. The molecular weight excluding hydrogens is 486 g/mol. The number of ether oxygens (including phenoxy) is 2. The van der Waals surface area contributed by atoms with E-state index in [-0.39, 0.29) is 34.7 Å². The van der Waals surface area contributed by atoms with E-state index in [2.05, 4.69) is 9.69 Å². The van der Waals surface area contributed by atoms with Crippen molar-refractivity contribution in [2.45, 2.75) is 31.9 Å². The molecule has 5 N–H and O–H groups in total. The van der Waals surface area contributed by atoms with E-state index in [1.807, 2.05) is 6.92 Å². The summed E-state index contributed by atoms with van der Waals surface area (Å²) in [6.07, 6.45) is 3.07. The summed E-state index contributed by atoms with van der Waals surface area (Å²) in [4.78, 5) is 40.4. The molecule has 36 heavy (non-hydrogen) atoms. The summed E-state index contributed by atoms with van der Waals surface area (Å²) >= 11 is 0.733. The Morgan fingerprint density at radius 2 is 2.06 bits per heavy atom. The number of nitrogens with zero attached hydrogens (tertiary/aromatic N) is 2. The molecule has 2 atom stereocenters. The molecule has 0 spiro atoms. The lowest BCUT2D eigenvalue weighted by molar-refractivity contribution is -0.123. The van der Waals surface area contributed by atoms with Crippen LogP contribution in [0.1, 0.15) is 51.7 Å². The number of hydrogen-bond acceptors (Lipinski definition) is 9. The van der Waals surface area contributed by atoms with Crippen LogP contribution in [-0.2, 0) is 9.53 Å². The van der Waals surface area contributed by atoms with Crippen molar-refractivity contribution in [2.75, 3.05) is 30.4 Å². The fourth-order valence-electron chi connectivity index (χ4n) is 3.93. The molecule has 3 amide bonds. The fraction of sp³-hybridized carbons (Fsp3) is 0.333. The predicted molar refractivity (Wildman–Crippen MR) is 133 cm³/mol. The SMILES string of the molecule is CCOc1ccc(N(C(=O)c2snc(C(N)=O)c2N)[C@@H](C(=O)NC[C@@H]2CCCO2)c2ccco2)cc1. The molecule has 0 saturated carbocycles. The van der Waals surface area contributed by atoms with Gasteiger partial charge in [-0.2, -0.15) is 4.37 Å². The summed E-state index contributed by atoms with van der Waals surface area (Å²) < 4.78 is 20.7. The maximum atomic E-state index is 13.9. The number of nitrogen functional groups attached to an aromatic ring is 1. The van der Waals surface area contributed by atoms with Gasteiger partial charge in [-0.05, 0) is 67.7 Å². The van der Waals surface area contributed by atoms with Gasteiger partial charge in [-0.3, -0.25) is 19.3 Å². The van der Waals surface area contributed by atoms with E-state index >= 15 is 0 Å². The molecular formula is C24H27N5O6S. The van der Waals surface area contributed by atoms with Gasteiger partial charge in [-0.1, -0.05) is 0 Å². The number of amides is 3. The van der Waals surface area contributed by atoms with E-state index in [1.165, 1.54) is 11.2 Å². The summed E-state index contributed by atoms with van der Waals surface area (Å²) in [5.74, 6) is -1.14. The molecule has 3 aromatic rings. The zero-order valence-corrected chi connectivity index (χ0v) is 20.5. The molecule has 1 aromatic carbocycles.